The van der Waals surface area contributed by atoms with Crippen molar-refractivity contribution in [2.75, 3.05) is 7.11 Å². The summed E-state index contributed by atoms with van der Waals surface area (Å²) in [4.78, 5) is 0. The number of hydrogen-bond acceptors (Lipinski definition) is 1. The van der Waals surface area contributed by atoms with Crippen LogP contribution in [0.3, 0.4) is 0 Å². The van der Waals surface area contributed by atoms with Crippen LogP contribution < -0.4 is 4.74 Å². The molecule has 1 fully saturated rings. The van der Waals surface area contributed by atoms with Crippen molar-refractivity contribution in [1.82, 2.24) is 0 Å². The molecule has 1 heteroatoms. The maximum atomic E-state index is 5.43. The highest BCUT2D eigenvalue weighted by Gasteiger charge is 2.50. The first kappa shape index (κ1) is 7.43. The summed E-state index contributed by atoms with van der Waals surface area (Å²) in [7, 11) is 1.78. The second kappa shape index (κ2) is 2.28. The largest absolute Gasteiger partial charge is 0.496 e. The van der Waals surface area contributed by atoms with Crippen LogP contribution in [0, 0.1) is 0 Å². The molecular formula is C12H14O. The molecule has 0 saturated heterocycles. The third kappa shape index (κ3) is 0.874. The highest BCUT2D eigenvalue weighted by Crippen LogP contribution is 2.59. The van der Waals surface area contributed by atoms with Gasteiger partial charge in [0.25, 0.3) is 0 Å². The minimum Gasteiger partial charge on any atom is -0.496 e. The SMILES string of the molecule is COc1cccc2c1C1(CC2)CC1. The van der Waals surface area contributed by atoms with Crippen LogP contribution in [-0.2, 0) is 11.8 Å². The maximum absolute atomic E-state index is 5.43. The highest BCUT2D eigenvalue weighted by molar-refractivity contribution is 5.52. The van der Waals surface area contributed by atoms with Crippen LogP contribution >= 0.6 is 0 Å². The summed E-state index contributed by atoms with van der Waals surface area (Å²) in [5, 5.41) is 0. The van der Waals surface area contributed by atoms with Gasteiger partial charge in [-0.1, -0.05) is 12.1 Å². The zero-order valence-corrected chi connectivity index (χ0v) is 7.97. The monoisotopic (exact) mass is 174 g/mol. The molecule has 13 heavy (non-hydrogen) atoms. The number of fused-ring (bicyclic) bond motifs is 2. The predicted octanol–water partition coefficient (Wildman–Crippen LogP) is 2.67. The van der Waals surface area contributed by atoms with E-state index >= 15 is 0 Å². The van der Waals surface area contributed by atoms with Gasteiger partial charge in [0.2, 0.25) is 0 Å². The van der Waals surface area contributed by atoms with Gasteiger partial charge in [-0.3, -0.25) is 0 Å². The Morgan fingerprint density at radius 2 is 2.08 bits per heavy atom. The van der Waals surface area contributed by atoms with E-state index in [1.54, 1.807) is 7.11 Å². The Hall–Kier alpha value is -0.980. The van der Waals surface area contributed by atoms with E-state index in [4.69, 9.17) is 4.74 Å². The molecule has 0 heterocycles. The van der Waals surface area contributed by atoms with Crippen LogP contribution in [0.4, 0.5) is 0 Å². The lowest BCUT2D eigenvalue weighted by molar-refractivity contribution is 0.405. The van der Waals surface area contributed by atoms with Crippen molar-refractivity contribution >= 4 is 0 Å². The van der Waals surface area contributed by atoms with Crippen LogP contribution in [-0.4, -0.2) is 7.11 Å². The zero-order chi connectivity index (χ0) is 8.89. The van der Waals surface area contributed by atoms with Gasteiger partial charge in [-0.05, 0) is 42.7 Å². The number of hydrogen-bond donors (Lipinski definition) is 0. The lowest BCUT2D eigenvalue weighted by Gasteiger charge is -2.12. The van der Waals surface area contributed by atoms with Crippen molar-refractivity contribution in [2.45, 2.75) is 31.1 Å². The molecule has 2 aliphatic rings. The van der Waals surface area contributed by atoms with E-state index in [2.05, 4.69) is 18.2 Å². The zero-order valence-electron chi connectivity index (χ0n) is 7.97. The van der Waals surface area contributed by atoms with Gasteiger partial charge in [-0.15, -0.1) is 0 Å². The molecule has 1 saturated carbocycles. The number of aryl methyl sites for hydroxylation is 1. The molecule has 1 aromatic carbocycles. The molecule has 0 radical (unpaired) electrons. The Bertz CT molecular complexity index is 350. The average Bonchev–Trinajstić information content (AvgIpc) is 2.84. The van der Waals surface area contributed by atoms with E-state index in [1.807, 2.05) is 0 Å². The average molecular weight is 174 g/mol. The Morgan fingerprint density at radius 1 is 1.23 bits per heavy atom. The lowest BCUT2D eigenvalue weighted by atomic mass is 9.97. The van der Waals surface area contributed by atoms with E-state index in [0.717, 1.165) is 5.75 Å². The summed E-state index contributed by atoms with van der Waals surface area (Å²) in [6, 6.07) is 6.47. The number of ether oxygens (including phenoxy) is 1. The Balaban J connectivity index is 2.20. The quantitative estimate of drug-likeness (QED) is 0.636. The fourth-order valence-electron chi connectivity index (χ4n) is 2.71. The number of benzene rings is 1. The first-order valence-electron chi connectivity index (χ1n) is 5.02. The Kier molecular flexibility index (Phi) is 1.30. The second-order valence-corrected chi connectivity index (χ2v) is 4.27. The Morgan fingerprint density at radius 3 is 2.77 bits per heavy atom. The molecule has 0 aromatic heterocycles. The summed E-state index contributed by atoms with van der Waals surface area (Å²) in [5.41, 5.74) is 3.59. The van der Waals surface area contributed by atoms with Gasteiger partial charge in [-0.2, -0.15) is 0 Å². The Labute approximate surface area is 78.7 Å². The minimum atomic E-state index is 0.544. The van der Waals surface area contributed by atoms with Crippen LogP contribution in [0.15, 0.2) is 18.2 Å². The van der Waals surface area contributed by atoms with E-state index in [9.17, 15) is 0 Å². The maximum Gasteiger partial charge on any atom is 0.122 e. The van der Waals surface area contributed by atoms with Crippen molar-refractivity contribution in [1.29, 1.82) is 0 Å². The molecule has 0 aliphatic heterocycles. The van der Waals surface area contributed by atoms with E-state index < -0.39 is 0 Å². The number of methoxy groups -OCH3 is 1. The molecule has 1 nitrogen and oxygen atoms in total. The van der Waals surface area contributed by atoms with Gasteiger partial charge in [0.15, 0.2) is 0 Å². The normalized spacial score (nSPS) is 21.6. The van der Waals surface area contributed by atoms with E-state index in [1.165, 1.54) is 36.8 Å². The molecule has 1 aromatic rings. The van der Waals surface area contributed by atoms with Gasteiger partial charge in [0.05, 0.1) is 7.11 Å². The van der Waals surface area contributed by atoms with Gasteiger partial charge in [-0.25, -0.2) is 0 Å². The first-order valence-corrected chi connectivity index (χ1v) is 5.02. The highest BCUT2D eigenvalue weighted by atomic mass is 16.5. The van der Waals surface area contributed by atoms with Gasteiger partial charge < -0.3 is 4.74 Å². The molecule has 1 spiro atoms. The summed E-state index contributed by atoms with van der Waals surface area (Å²) >= 11 is 0. The summed E-state index contributed by atoms with van der Waals surface area (Å²) in [6.45, 7) is 0. The molecule has 0 bridgehead atoms. The molecule has 3 rings (SSSR count). The van der Waals surface area contributed by atoms with Crippen molar-refractivity contribution in [2.24, 2.45) is 0 Å². The molecule has 0 amide bonds. The third-order valence-corrected chi connectivity index (χ3v) is 3.59. The second-order valence-electron chi connectivity index (χ2n) is 4.27. The molecule has 0 N–H and O–H groups in total. The van der Waals surface area contributed by atoms with Crippen molar-refractivity contribution in [3.63, 3.8) is 0 Å². The molecule has 0 atom stereocenters. The van der Waals surface area contributed by atoms with Gasteiger partial charge in [0, 0.05) is 5.56 Å². The fraction of sp³-hybridized carbons (Fsp3) is 0.500. The van der Waals surface area contributed by atoms with Crippen molar-refractivity contribution in [3.05, 3.63) is 29.3 Å². The van der Waals surface area contributed by atoms with Gasteiger partial charge in [0.1, 0.15) is 5.75 Å². The van der Waals surface area contributed by atoms with Crippen LogP contribution in [0.1, 0.15) is 30.4 Å². The topological polar surface area (TPSA) is 9.23 Å². The summed E-state index contributed by atoms with van der Waals surface area (Å²) in [5.74, 6) is 1.12. The molecule has 68 valence electrons. The number of rotatable bonds is 1. The van der Waals surface area contributed by atoms with Gasteiger partial charge >= 0.3 is 0 Å². The smallest absolute Gasteiger partial charge is 0.122 e. The minimum absolute atomic E-state index is 0.544. The van der Waals surface area contributed by atoms with Crippen LogP contribution in [0.2, 0.25) is 0 Å². The van der Waals surface area contributed by atoms with E-state index in [0.29, 0.717) is 5.41 Å². The molecule has 2 aliphatic carbocycles. The van der Waals surface area contributed by atoms with Crippen LogP contribution in [0.25, 0.3) is 0 Å². The summed E-state index contributed by atoms with van der Waals surface area (Å²) < 4.78 is 5.43. The molecular weight excluding hydrogens is 160 g/mol. The van der Waals surface area contributed by atoms with Crippen LogP contribution in [0.5, 0.6) is 5.75 Å². The van der Waals surface area contributed by atoms with Crippen molar-refractivity contribution < 1.29 is 4.74 Å². The fourth-order valence-corrected chi connectivity index (χ4v) is 2.71. The first-order chi connectivity index (χ1) is 6.36. The summed E-state index contributed by atoms with van der Waals surface area (Å²) in [6.07, 6.45) is 5.36. The third-order valence-electron chi connectivity index (χ3n) is 3.59. The lowest BCUT2D eigenvalue weighted by Crippen LogP contribution is -2.02. The standard InChI is InChI=1S/C12H14O/c1-13-10-4-2-3-9-5-6-12(7-8-12)11(9)10/h2-4H,5-8H2,1H3. The van der Waals surface area contributed by atoms with E-state index in [-0.39, 0.29) is 0 Å². The van der Waals surface area contributed by atoms with Crippen molar-refractivity contribution in [3.8, 4) is 5.75 Å². The molecule has 0 unspecified atom stereocenters. The predicted molar refractivity (Wildman–Crippen MR) is 52.2 cm³/mol.